The molecule has 0 amide bonds. The molecule has 0 heteroatoms. The molecule has 0 radical (unpaired) electrons. The normalized spacial score (nSPS) is 17.2. The average Bonchev–Trinajstić information content (AvgIpc) is 2.59. The van der Waals surface area contributed by atoms with Gasteiger partial charge in [-0.25, -0.2) is 0 Å². The highest BCUT2D eigenvalue weighted by atomic mass is 14.3. The molecule has 18 heavy (non-hydrogen) atoms. The van der Waals surface area contributed by atoms with Crippen molar-refractivity contribution in [2.24, 2.45) is 0 Å². The highest BCUT2D eigenvalue weighted by Gasteiger charge is 2.24. The number of hydrogen-bond acceptors (Lipinski definition) is 0. The van der Waals surface area contributed by atoms with Crippen LogP contribution in [0.25, 0.3) is 0 Å². The topological polar surface area (TPSA) is 0 Å². The van der Waals surface area contributed by atoms with Crippen LogP contribution in [-0.2, 0) is 0 Å². The Balaban J connectivity index is 3.24. The summed E-state index contributed by atoms with van der Waals surface area (Å²) in [5.41, 5.74) is 8.77. The van der Waals surface area contributed by atoms with Gasteiger partial charge in [-0.3, -0.25) is 0 Å². The number of allylic oxidation sites excluding steroid dienone is 7. The molecule has 0 saturated heterocycles. The van der Waals surface area contributed by atoms with Crippen molar-refractivity contribution in [2.75, 3.05) is 0 Å². The first kappa shape index (κ1) is 15.0. The Hall–Kier alpha value is -1.04. The molecule has 100 valence electrons. The molecule has 0 saturated carbocycles. The summed E-state index contributed by atoms with van der Waals surface area (Å²) in [7, 11) is 0. The third-order valence-corrected chi connectivity index (χ3v) is 3.86. The van der Waals surface area contributed by atoms with Gasteiger partial charge in [-0.2, -0.15) is 0 Å². The summed E-state index contributed by atoms with van der Waals surface area (Å²) < 4.78 is 0. The van der Waals surface area contributed by atoms with Crippen LogP contribution in [0.15, 0.2) is 46.1 Å². The van der Waals surface area contributed by atoms with Crippen LogP contribution in [0.1, 0.15) is 66.7 Å². The van der Waals surface area contributed by atoms with E-state index in [1.807, 2.05) is 0 Å². The Bertz CT molecular complexity index is 413. The molecule has 0 aromatic rings. The molecule has 0 heterocycles. The van der Waals surface area contributed by atoms with Crippen molar-refractivity contribution in [1.82, 2.24) is 0 Å². The lowest BCUT2D eigenvalue weighted by molar-refractivity contribution is 0.896. The van der Waals surface area contributed by atoms with E-state index in [0.29, 0.717) is 0 Å². The summed E-state index contributed by atoms with van der Waals surface area (Å²) in [5.74, 6) is 0. The smallest absolute Gasteiger partial charge is 0.0126 e. The fraction of sp³-hybridized carbons (Fsp3) is 0.556. The lowest BCUT2D eigenvalue weighted by Gasteiger charge is -2.11. The van der Waals surface area contributed by atoms with Gasteiger partial charge >= 0.3 is 0 Å². The van der Waals surface area contributed by atoms with Crippen LogP contribution < -0.4 is 0 Å². The van der Waals surface area contributed by atoms with Crippen molar-refractivity contribution in [3.05, 3.63) is 46.1 Å². The maximum atomic E-state index is 4.37. The quantitative estimate of drug-likeness (QED) is 0.527. The molecular weight excluding hydrogens is 216 g/mol. The zero-order valence-electron chi connectivity index (χ0n) is 12.8. The van der Waals surface area contributed by atoms with Crippen molar-refractivity contribution in [3.63, 3.8) is 0 Å². The van der Waals surface area contributed by atoms with Crippen molar-refractivity contribution in [3.8, 4) is 0 Å². The van der Waals surface area contributed by atoms with Crippen LogP contribution in [0, 0.1) is 0 Å². The predicted molar refractivity (Wildman–Crippen MR) is 82.7 cm³/mol. The van der Waals surface area contributed by atoms with Crippen LogP contribution in [0.4, 0.5) is 0 Å². The minimum atomic E-state index is 1.11. The van der Waals surface area contributed by atoms with E-state index in [0.717, 1.165) is 19.3 Å². The van der Waals surface area contributed by atoms with E-state index in [4.69, 9.17) is 0 Å². The molecular formula is C18H28. The Labute approximate surface area is 113 Å². The van der Waals surface area contributed by atoms with Gasteiger partial charge in [0.15, 0.2) is 0 Å². The molecule has 0 aromatic heterocycles. The second kappa shape index (κ2) is 6.78. The molecule has 0 N–H and O–H groups in total. The van der Waals surface area contributed by atoms with E-state index in [-0.39, 0.29) is 0 Å². The molecule has 0 aliphatic heterocycles. The fourth-order valence-corrected chi connectivity index (χ4v) is 3.06. The zero-order valence-corrected chi connectivity index (χ0v) is 12.8. The molecule has 0 fully saturated rings. The van der Waals surface area contributed by atoms with Crippen molar-refractivity contribution in [2.45, 2.75) is 66.7 Å². The highest BCUT2D eigenvalue weighted by Crippen LogP contribution is 2.43. The van der Waals surface area contributed by atoms with Gasteiger partial charge in [0, 0.05) is 0 Å². The standard InChI is InChI=1S/C18H28/c1-7-11-15(9-3)18-13(5)16(10-4)17(12-8-2)14(18)6/h11H,5,7-10,12H2,1-4,6H3/b15-11-. The summed E-state index contributed by atoms with van der Waals surface area (Å²) in [6.07, 6.45) is 8.11. The summed E-state index contributed by atoms with van der Waals surface area (Å²) >= 11 is 0. The molecule has 1 rings (SSSR count). The zero-order chi connectivity index (χ0) is 13.7. The Kier molecular flexibility index (Phi) is 5.65. The number of rotatable bonds is 6. The maximum absolute atomic E-state index is 4.37. The molecule has 1 aliphatic carbocycles. The maximum Gasteiger partial charge on any atom is -0.0126 e. The van der Waals surface area contributed by atoms with Gasteiger partial charge < -0.3 is 0 Å². The van der Waals surface area contributed by atoms with Gasteiger partial charge in [0.25, 0.3) is 0 Å². The van der Waals surface area contributed by atoms with Gasteiger partial charge in [0.2, 0.25) is 0 Å². The van der Waals surface area contributed by atoms with E-state index in [9.17, 15) is 0 Å². The summed E-state index contributed by atoms with van der Waals surface area (Å²) in [5, 5.41) is 0. The molecule has 0 spiro atoms. The van der Waals surface area contributed by atoms with Crippen molar-refractivity contribution in [1.29, 1.82) is 0 Å². The van der Waals surface area contributed by atoms with Crippen LogP contribution in [0.5, 0.6) is 0 Å². The lowest BCUT2D eigenvalue weighted by Crippen LogP contribution is -1.93. The first-order valence-electron chi connectivity index (χ1n) is 7.44. The van der Waals surface area contributed by atoms with Gasteiger partial charge in [-0.05, 0) is 66.0 Å². The molecule has 1 aliphatic rings. The fourth-order valence-electron chi connectivity index (χ4n) is 3.06. The van der Waals surface area contributed by atoms with Crippen LogP contribution in [0.2, 0.25) is 0 Å². The second-order valence-electron chi connectivity index (χ2n) is 5.03. The van der Waals surface area contributed by atoms with E-state index in [1.54, 1.807) is 5.57 Å². The van der Waals surface area contributed by atoms with Gasteiger partial charge in [-0.15, -0.1) is 0 Å². The molecule has 0 unspecified atom stereocenters. The first-order chi connectivity index (χ1) is 8.62. The third kappa shape index (κ3) is 2.68. The Morgan fingerprint density at radius 3 is 2.22 bits per heavy atom. The van der Waals surface area contributed by atoms with E-state index in [2.05, 4.69) is 47.3 Å². The first-order valence-corrected chi connectivity index (χ1v) is 7.44. The minimum Gasteiger partial charge on any atom is -0.0909 e. The minimum absolute atomic E-state index is 1.11. The van der Waals surface area contributed by atoms with Crippen molar-refractivity contribution < 1.29 is 0 Å². The monoisotopic (exact) mass is 244 g/mol. The third-order valence-electron chi connectivity index (χ3n) is 3.86. The molecule has 0 nitrogen and oxygen atoms in total. The van der Waals surface area contributed by atoms with Gasteiger partial charge in [0.1, 0.15) is 0 Å². The second-order valence-corrected chi connectivity index (χ2v) is 5.03. The highest BCUT2D eigenvalue weighted by molar-refractivity contribution is 5.68. The lowest BCUT2D eigenvalue weighted by atomic mass is 9.93. The van der Waals surface area contributed by atoms with Gasteiger partial charge in [-0.1, -0.05) is 46.8 Å². The Morgan fingerprint density at radius 2 is 1.78 bits per heavy atom. The van der Waals surface area contributed by atoms with Crippen LogP contribution in [0.3, 0.4) is 0 Å². The Morgan fingerprint density at radius 1 is 1.11 bits per heavy atom. The summed E-state index contributed by atoms with van der Waals surface area (Å²) in [6, 6.07) is 0. The van der Waals surface area contributed by atoms with Crippen LogP contribution >= 0.6 is 0 Å². The van der Waals surface area contributed by atoms with E-state index >= 15 is 0 Å². The van der Waals surface area contributed by atoms with Crippen molar-refractivity contribution >= 4 is 0 Å². The molecule has 0 atom stereocenters. The predicted octanol–water partition coefficient (Wildman–Crippen LogP) is 6.13. The number of hydrogen-bond donors (Lipinski definition) is 0. The molecule has 0 bridgehead atoms. The largest absolute Gasteiger partial charge is 0.0909 e. The van der Waals surface area contributed by atoms with Crippen LogP contribution in [-0.4, -0.2) is 0 Å². The summed E-state index contributed by atoms with van der Waals surface area (Å²) in [6.45, 7) is 15.6. The SMILES string of the molecule is C=C1C(CC)=C(CCC)C(C)=C1/C(=C\CC)CC. The summed E-state index contributed by atoms with van der Waals surface area (Å²) in [4.78, 5) is 0. The average molecular weight is 244 g/mol. The van der Waals surface area contributed by atoms with E-state index in [1.165, 1.54) is 40.7 Å². The van der Waals surface area contributed by atoms with E-state index < -0.39 is 0 Å². The molecule has 0 aromatic carbocycles. The van der Waals surface area contributed by atoms with Gasteiger partial charge in [0.05, 0.1) is 0 Å².